The van der Waals surface area contributed by atoms with Crippen LogP contribution in [-0.4, -0.2) is 43.0 Å². The molecule has 0 saturated carbocycles. The van der Waals surface area contributed by atoms with E-state index in [0.717, 1.165) is 33.5 Å². The summed E-state index contributed by atoms with van der Waals surface area (Å²) in [7, 11) is 3.86. The number of benzene rings is 4. The molecule has 0 saturated heterocycles. The highest BCUT2D eigenvalue weighted by atomic mass is 16.5. The van der Waals surface area contributed by atoms with Crippen molar-refractivity contribution in [3.63, 3.8) is 0 Å². The van der Waals surface area contributed by atoms with Crippen LogP contribution in [0.3, 0.4) is 0 Å². The quantitative estimate of drug-likeness (QED) is 0.167. The molecule has 1 heterocycles. The van der Waals surface area contributed by atoms with Crippen molar-refractivity contribution >= 4 is 44.6 Å². The fraction of sp³-hybridized carbons (Fsp3) is 0.171. The molecule has 5 rings (SSSR count). The molecule has 43 heavy (non-hydrogen) atoms. The van der Waals surface area contributed by atoms with Gasteiger partial charge in [0.25, 0.3) is 0 Å². The molecular formula is C35H33N5O3. The summed E-state index contributed by atoms with van der Waals surface area (Å²) in [5.41, 5.74) is 3.76. The molecular weight excluding hydrogens is 538 g/mol. The van der Waals surface area contributed by atoms with Crippen molar-refractivity contribution in [1.29, 1.82) is 5.26 Å². The highest BCUT2D eigenvalue weighted by Gasteiger charge is 2.16. The van der Waals surface area contributed by atoms with Crippen molar-refractivity contribution < 1.29 is 14.3 Å². The van der Waals surface area contributed by atoms with Crippen LogP contribution < -0.4 is 20.1 Å². The molecule has 0 aliphatic heterocycles. The number of aromatic nitrogens is 1. The summed E-state index contributed by atoms with van der Waals surface area (Å²) in [6.07, 6.45) is 4.81. The average molecular weight is 572 g/mol. The zero-order chi connectivity index (χ0) is 30.3. The van der Waals surface area contributed by atoms with Gasteiger partial charge < -0.3 is 25.0 Å². The van der Waals surface area contributed by atoms with Crippen molar-refractivity contribution in [1.82, 2.24) is 9.88 Å². The number of hydrogen-bond acceptors (Lipinski definition) is 7. The molecule has 0 radical (unpaired) electrons. The second-order valence-corrected chi connectivity index (χ2v) is 10.3. The zero-order valence-corrected chi connectivity index (χ0v) is 24.6. The van der Waals surface area contributed by atoms with E-state index in [9.17, 15) is 10.1 Å². The Morgan fingerprint density at radius 2 is 1.84 bits per heavy atom. The Labute approximate surface area is 251 Å². The van der Waals surface area contributed by atoms with Gasteiger partial charge in [-0.15, -0.1) is 0 Å². The minimum atomic E-state index is -0.279. The summed E-state index contributed by atoms with van der Waals surface area (Å²) in [6.45, 7) is 4.91. The molecule has 8 heteroatoms. The number of nitriles is 1. The highest BCUT2D eigenvalue weighted by molar-refractivity contribution is 6.05. The van der Waals surface area contributed by atoms with E-state index in [1.54, 1.807) is 18.2 Å². The van der Waals surface area contributed by atoms with Crippen molar-refractivity contribution in [3.8, 4) is 23.3 Å². The molecule has 0 aliphatic rings. The SMILES string of the molecule is CCOc1cc2ncc(C#N)c(Nc3ccc(Oc4ccc5ccccc5c4)c(C)c3)c2cc1NC(=O)/C=C/CN(C)C. The van der Waals surface area contributed by atoms with E-state index in [0.29, 0.717) is 46.7 Å². The number of anilines is 3. The van der Waals surface area contributed by atoms with Crippen LogP contribution in [0.4, 0.5) is 17.1 Å². The molecule has 8 nitrogen and oxygen atoms in total. The Bertz CT molecular complexity index is 1870. The third kappa shape index (κ3) is 6.92. The summed E-state index contributed by atoms with van der Waals surface area (Å²) < 4.78 is 12.0. The van der Waals surface area contributed by atoms with E-state index in [1.165, 1.54) is 12.3 Å². The molecule has 0 fully saturated rings. The van der Waals surface area contributed by atoms with Gasteiger partial charge in [0.05, 0.1) is 29.1 Å². The Morgan fingerprint density at radius 1 is 1.02 bits per heavy atom. The van der Waals surface area contributed by atoms with E-state index in [4.69, 9.17) is 9.47 Å². The number of rotatable bonds is 10. The predicted molar refractivity (Wildman–Crippen MR) is 172 cm³/mol. The van der Waals surface area contributed by atoms with Gasteiger partial charge in [0.2, 0.25) is 5.91 Å². The molecule has 2 N–H and O–H groups in total. The molecule has 5 aromatic rings. The standard InChI is InChI=1S/C35H33N5O3/c1-5-42-33-20-30-29(19-31(33)39-34(41)11-8-16-40(3)4)35(26(21-36)22-37-30)38-27-13-15-32(23(2)17-27)43-28-14-12-24-9-6-7-10-25(24)18-28/h6-15,17-20,22H,5,16H2,1-4H3,(H,37,38)(H,39,41)/b11-8+. The highest BCUT2D eigenvalue weighted by Crippen LogP contribution is 2.37. The maximum absolute atomic E-state index is 12.7. The number of nitrogens with zero attached hydrogens (tertiary/aromatic N) is 3. The van der Waals surface area contributed by atoms with Gasteiger partial charge in [0.15, 0.2) is 0 Å². The summed E-state index contributed by atoms with van der Waals surface area (Å²) in [5, 5.41) is 19.2. The Balaban J connectivity index is 1.45. The van der Waals surface area contributed by atoms with Gasteiger partial charge in [0.1, 0.15) is 23.3 Å². The minimum Gasteiger partial charge on any atom is -0.492 e. The van der Waals surface area contributed by atoms with Crippen molar-refractivity contribution in [2.75, 3.05) is 37.9 Å². The topological polar surface area (TPSA) is 99.5 Å². The third-order valence-corrected chi connectivity index (χ3v) is 6.78. The van der Waals surface area contributed by atoms with E-state index in [-0.39, 0.29) is 5.91 Å². The average Bonchev–Trinajstić information content (AvgIpc) is 2.99. The number of hydrogen-bond donors (Lipinski definition) is 2. The maximum atomic E-state index is 12.7. The smallest absolute Gasteiger partial charge is 0.248 e. The van der Waals surface area contributed by atoms with Gasteiger partial charge in [-0.3, -0.25) is 9.78 Å². The van der Waals surface area contributed by atoms with Gasteiger partial charge in [-0.25, -0.2) is 0 Å². The number of amides is 1. The van der Waals surface area contributed by atoms with Gasteiger partial charge >= 0.3 is 0 Å². The molecule has 0 spiro atoms. The van der Waals surface area contributed by atoms with Gasteiger partial charge in [-0.1, -0.05) is 36.4 Å². The van der Waals surface area contributed by atoms with E-state index >= 15 is 0 Å². The maximum Gasteiger partial charge on any atom is 0.248 e. The molecule has 0 aliphatic carbocycles. The lowest BCUT2D eigenvalue weighted by molar-refractivity contribution is -0.111. The summed E-state index contributed by atoms with van der Waals surface area (Å²) in [5.74, 6) is 1.71. The normalized spacial score (nSPS) is 11.2. The predicted octanol–water partition coefficient (Wildman–Crippen LogP) is 7.56. The monoisotopic (exact) mass is 571 g/mol. The van der Waals surface area contributed by atoms with Gasteiger partial charge in [-0.2, -0.15) is 5.26 Å². The number of ether oxygens (including phenoxy) is 2. The third-order valence-electron chi connectivity index (χ3n) is 6.78. The molecule has 0 unspecified atom stereocenters. The number of likely N-dealkylation sites (N-methyl/N-ethyl adjacent to an activating group) is 1. The number of carbonyl (C=O) groups excluding carboxylic acids is 1. The van der Waals surface area contributed by atoms with Gasteiger partial charge in [0, 0.05) is 36.0 Å². The number of pyridine rings is 1. The lowest BCUT2D eigenvalue weighted by Gasteiger charge is -2.17. The number of nitrogens with one attached hydrogen (secondary N) is 2. The van der Waals surface area contributed by atoms with Crippen LogP contribution in [0.25, 0.3) is 21.7 Å². The van der Waals surface area contributed by atoms with Crippen molar-refractivity contribution in [2.24, 2.45) is 0 Å². The molecule has 1 amide bonds. The lowest BCUT2D eigenvalue weighted by atomic mass is 10.1. The van der Waals surface area contributed by atoms with Crippen molar-refractivity contribution in [2.45, 2.75) is 13.8 Å². The molecule has 1 aromatic heterocycles. The zero-order valence-electron chi connectivity index (χ0n) is 24.6. The number of fused-ring (bicyclic) bond motifs is 2. The Hall–Kier alpha value is -5.39. The number of carbonyl (C=O) groups is 1. The summed E-state index contributed by atoms with van der Waals surface area (Å²) in [6, 6.07) is 25.8. The molecule has 4 aromatic carbocycles. The summed E-state index contributed by atoms with van der Waals surface area (Å²) in [4.78, 5) is 19.1. The lowest BCUT2D eigenvalue weighted by Crippen LogP contribution is -2.13. The van der Waals surface area contributed by atoms with Crippen LogP contribution >= 0.6 is 0 Å². The first-order valence-electron chi connectivity index (χ1n) is 14.0. The van der Waals surface area contributed by atoms with E-state index in [1.807, 2.05) is 81.4 Å². The van der Waals surface area contributed by atoms with Crippen LogP contribution in [-0.2, 0) is 4.79 Å². The van der Waals surface area contributed by atoms with E-state index in [2.05, 4.69) is 33.8 Å². The Kier molecular flexibility index (Phi) is 8.85. The fourth-order valence-electron chi connectivity index (χ4n) is 4.70. The van der Waals surface area contributed by atoms with E-state index < -0.39 is 0 Å². The second kappa shape index (κ2) is 13.1. The molecule has 0 atom stereocenters. The summed E-state index contributed by atoms with van der Waals surface area (Å²) >= 11 is 0. The van der Waals surface area contributed by atoms with Crippen molar-refractivity contribution in [3.05, 3.63) is 102 Å². The Morgan fingerprint density at radius 3 is 2.58 bits per heavy atom. The molecule has 0 bridgehead atoms. The minimum absolute atomic E-state index is 0.279. The fourth-order valence-corrected chi connectivity index (χ4v) is 4.70. The van der Waals surface area contributed by atoms with Crippen LogP contribution in [0.2, 0.25) is 0 Å². The second-order valence-electron chi connectivity index (χ2n) is 10.3. The molecule has 216 valence electrons. The first-order chi connectivity index (χ1) is 20.8. The van der Waals surface area contributed by atoms with Crippen LogP contribution in [0.5, 0.6) is 17.2 Å². The van der Waals surface area contributed by atoms with Crippen LogP contribution in [0, 0.1) is 18.3 Å². The first kappa shape index (κ1) is 29.1. The number of aryl methyl sites for hydroxylation is 1. The first-order valence-corrected chi connectivity index (χ1v) is 14.0. The van der Waals surface area contributed by atoms with Crippen LogP contribution in [0.1, 0.15) is 18.1 Å². The largest absolute Gasteiger partial charge is 0.492 e. The van der Waals surface area contributed by atoms with Gasteiger partial charge in [-0.05, 0) is 80.7 Å². The van der Waals surface area contributed by atoms with Crippen LogP contribution in [0.15, 0.2) is 91.1 Å².